The summed E-state index contributed by atoms with van der Waals surface area (Å²) in [7, 11) is 0. The van der Waals surface area contributed by atoms with Crippen LogP contribution in [-0.4, -0.2) is 22.5 Å². The van der Waals surface area contributed by atoms with Gasteiger partial charge >= 0.3 is 0 Å². The van der Waals surface area contributed by atoms with Gasteiger partial charge < -0.3 is 10.1 Å². The topological polar surface area (TPSA) is 62.3 Å². The van der Waals surface area contributed by atoms with Crippen LogP contribution in [0.5, 0.6) is 0 Å². The van der Waals surface area contributed by atoms with Crippen molar-refractivity contribution in [2.75, 3.05) is 18.5 Å². The highest BCUT2D eigenvalue weighted by atomic mass is 16.5. The molecule has 1 N–H and O–H groups in total. The van der Waals surface area contributed by atoms with Crippen molar-refractivity contribution in [2.45, 2.75) is 12.5 Å². The van der Waals surface area contributed by atoms with Crippen molar-refractivity contribution in [1.82, 2.24) is 9.38 Å². The molecule has 1 aliphatic rings. The third kappa shape index (κ3) is 2.61. The fourth-order valence-electron chi connectivity index (χ4n) is 3.31. The molecule has 0 radical (unpaired) electrons. The van der Waals surface area contributed by atoms with Crippen molar-refractivity contribution in [2.24, 2.45) is 5.92 Å². The molecular formula is C19H18N4O. The van der Waals surface area contributed by atoms with Crippen LogP contribution >= 0.6 is 0 Å². The van der Waals surface area contributed by atoms with Crippen molar-refractivity contribution in [1.29, 1.82) is 5.26 Å². The van der Waals surface area contributed by atoms with Crippen molar-refractivity contribution < 1.29 is 4.74 Å². The summed E-state index contributed by atoms with van der Waals surface area (Å²) in [6.45, 7) is 1.50. The van der Waals surface area contributed by atoms with Gasteiger partial charge in [-0.3, -0.25) is 4.40 Å². The third-order valence-electron chi connectivity index (χ3n) is 4.51. The average molecular weight is 318 g/mol. The number of aromatic nitrogens is 2. The fraction of sp³-hybridized carbons (Fsp3) is 0.263. The molecule has 4 rings (SSSR count). The van der Waals surface area contributed by atoms with Gasteiger partial charge in [0.25, 0.3) is 0 Å². The van der Waals surface area contributed by atoms with E-state index >= 15 is 0 Å². The maximum Gasteiger partial charge on any atom is 0.168 e. The number of rotatable bonds is 4. The molecule has 3 heterocycles. The van der Waals surface area contributed by atoms with Crippen LogP contribution in [0.4, 0.5) is 5.82 Å². The number of anilines is 1. The Morgan fingerprint density at radius 2 is 2.04 bits per heavy atom. The molecule has 0 spiro atoms. The molecular weight excluding hydrogens is 300 g/mol. The average Bonchev–Trinajstić information content (AvgIpc) is 3.24. The van der Waals surface area contributed by atoms with E-state index in [1.807, 2.05) is 47.0 Å². The predicted octanol–water partition coefficient (Wildman–Crippen LogP) is 3.40. The van der Waals surface area contributed by atoms with Crippen LogP contribution in [0.15, 0.2) is 54.7 Å². The number of imidazole rings is 1. The van der Waals surface area contributed by atoms with Crippen LogP contribution < -0.4 is 5.32 Å². The van der Waals surface area contributed by atoms with E-state index in [1.165, 1.54) is 5.56 Å². The van der Waals surface area contributed by atoms with Gasteiger partial charge in [0, 0.05) is 25.3 Å². The lowest BCUT2D eigenvalue weighted by Crippen LogP contribution is -2.18. The first-order chi connectivity index (χ1) is 11.9. The minimum Gasteiger partial charge on any atom is -0.373 e. The fourth-order valence-corrected chi connectivity index (χ4v) is 3.31. The molecule has 5 heteroatoms. The van der Waals surface area contributed by atoms with E-state index in [1.54, 1.807) is 0 Å². The Hall–Kier alpha value is -2.84. The summed E-state index contributed by atoms with van der Waals surface area (Å²) >= 11 is 0. The molecule has 2 atom stereocenters. The molecule has 0 aliphatic carbocycles. The summed E-state index contributed by atoms with van der Waals surface area (Å²) in [5.41, 5.74) is 2.52. The summed E-state index contributed by atoms with van der Waals surface area (Å²) in [5, 5.41) is 12.8. The highest BCUT2D eigenvalue weighted by Gasteiger charge is 2.29. The first-order valence-corrected chi connectivity index (χ1v) is 8.14. The number of benzene rings is 1. The SMILES string of the molecule is N#Cc1c(NC[C@H]2CCO[C@@H]2c2ccccc2)nc2ccccn12. The molecule has 5 nitrogen and oxygen atoms in total. The van der Waals surface area contributed by atoms with E-state index < -0.39 is 0 Å². The van der Waals surface area contributed by atoms with Crippen LogP contribution in [0.1, 0.15) is 23.8 Å². The van der Waals surface area contributed by atoms with E-state index in [4.69, 9.17) is 4.74 Å². The van der Waals surface area contributed by atoms with E-state index in [0.29, 0.717) is 17.4 Å². The minimum absolute atomic E-state index is 0.0984. The Morgan fingerprint density at radius 1 is 1.21 bits per heavy atom. The normalized spacial score (nSPS) is 20.1. The maximum atomic E-state index is 9.45. The molecule has 1 saturated heterocycles. The number of fused-ring (bicyclic) bond motifs is 1. The zero-order chi connectivity index (χ0) is 16.4. The summed E-state index contributed by atoms with van der Waals surface area (Å²) in [5.74, 6) is 1.01. The predicted molar refractivity (Wildman–Crippen MR) is 91.6 cm³/mol. The van der Waals surface area contributed by atoms with Crippen molar-refractivity contribution in [3.8, 4) is 6.07 Å². The monoisotopic (exact) mass is 318 g/mol. The van der Waals surface area contributed by atoms with E-state index in [2.05, 4.69) is 28.5 Å². The summed E-state index contributed by atoms with van der Waals surface area (Å²) in [6, 6.07) is 18.3. The largest absolute Gasteiger partial charge is 0.373 e. The van der Waals surface area contributed by atoms with E-state index in [0.717, 1.165) is 25.2 Å². The number of hydrogen-bond donors (Lipinski definition) is 1. The Balaban J connectivity index is 1.54. The molecule has 0 bridgehead atoms. The maximum absolute atomic E-state index is 9.45. The number of ether oxygens (including phenoxy) is 1. The summed E-state index contributed by atoms with van der Waals surface area (Å²) in [6.07, 6.45) is 2.96. The molecule has 1 aromatic carbocycles. The van der Waals surface area contributed by atoms with Crippen LogP contribution in [0, 0.1) is 17.2 Å². The highest BCUT2D eigenvalue weighted by Crippen LogP contribution is 2.34. The molecule has 24 heavy (non-hydrogen) atoms. The van der Waals surface area contributed by atoms with Gasteiger partial charge in [0.1, 0.15) is 11.7 Å². The molecule has 0 amide bonds. The third-order valence-corrected chi connectivity index (χ3v) is 4.51. The Kier molecular flexibility index (Phi) is 3.89. The lowest BCUT2D eigenvalue weighted by atomic mass is 9.95. The first-order valence-electron chi connectivity index (χ1n) is 8.14. The zero-order valence-electron chi connectivity index (χ0n) is 13.2. The molecule has 2 aromatic heterocycles. The Bertz CT molecular complexity index is 881. The van der Waals surface area contributed by atoms with Gasteiger partial charge in [-0.1, -0.05) is 36.4 Å². The van der Waals surface area contributed by atoms with E-state index in [-0.39, 0.29) is 6.10 Å². The smallest absolute Gasteiger partial charge is 0.168 e. The molecule has 120 valence electrons. The van der Waals surface area contributed by atoms with Crippen molar-refractivity contribution in [3.05, 3.63) is 66.0 Å². The van der Waals surface area contributed by atoms with Crippen LogP contribution in [-0.2, 0) is 4.74 Å². The summed E-state index contributed by atoms with van der Waals surface area (Å²) in [4.78, 5) is 4.53. The van der Waals surface area contributed by atoms with Gasteiger partial charge in [0.2, 0.25) is 0 Å². The van der Waals surface area contributed by atoms with Crippen LogP contribution in [0.25, 0.3) is 5.65 Å². The standard InChI is InChI=1S/C19H18N4O/c20-12-16-19(22-17-8-4-5-10-23(16)17)21-13-15-9-11-24-18(15)14-6-2-1-3-7-14/h1-8,10,15,18,21H,9,11,13H2/t15-,18-/m1/s1. The first kappa shape index (κ1) is 14.7. The lowest BCUT2D eigenvalue weighted by Gasteiger charge is -2.19. The molecule has 1 fully saturated rings. The van der Waals surface area contributed by atoms with Crippen LogP contribution in [0.2, 0.25) is 0 Å². The molecule has 1 aliphatic heterocycles. The molecule has 0 saturated carbocycles. The van der Waals surface area contributed by atoms with Gasteiger partial charge in [0.15, 0.2) is 11.5 Å². The number of nitrogens with zero attached hydrogens (tertiary/aromatic N) is 3. The Morgan fingerprint density at radius 3 is 2.88 bits per heavy atom. The van der Waals surface area contributed by atoms with Gasteiger partial charge in [-0.25, -0.2) is 4.98 Å². The van der Waals surface area contributed by atoms with Gasteiger partial charge in [-0.15, -0.1) is 0 Å². The number of pyridine rings is 1. The Labute approximate surface area is 140 Å². The number of nitriles is 1. The zero-order valence-corrected chi connectivity index (χ0v) is 13.2. The quantitative estimate of drug-likeness (QED) is 0.801. The molecule has 0 unspecified atom stereocenters. The minimum atomic E-state index is 0.0984. The summed E-state index contributed by atoms with van der Waals surface area (Å²) < 4.78 is 7.73. The van der Waals surface area contributed by atoms with E-state index in [9.17, 15) is 5.26 Å². The highest BCUT2D eigenvalue weighted by molar-refractivity contribution is 5.58. The lowest BCUT2D eigenvalue weighted by molar-refractivity contribution is 0.0933. The second-order valence-corrected chi connectivity index (χ2v) is 5.98. The molecule has 3 aromatic rings. The second kappa shape index (κ2) is 6.34. The number of hydrogen-bond acceptors (Lipinski definition) is 4. The number of nitrogens with one attached hydrogen (secondary N) is 1. The van der Waals surface area contributed by atoms with Gasteiger partial charge in [0.05, 0.1) is 6.10 Å². The van der Waals surface area contributed by atoms with Crippen molar-refractivity contribution in [3.63, 3.8) is 0 Å². The van der Waals surface area contributed by atoms with Gasteiger partial charge in [-0.05, 0) is 24.1 Å². The second-order valence-electron chi connectivity index (χ2n) is 5.98. The van der Waals surface area contributed by atoms with Crippen molar-refractivity contribution >= 4 is 11.5 Å². The van der Waals surface area contributed by atoms with Gasteiger partial charge in [-0.2, -0.15) is 5.26 Å². The van der Waals surface area contributed by atoms with Crippen LogP contribution in [0.3, 0.4) is 0 Å².